The van der Waals surface area contributed by atoms with Crippen LogP contribution >= 0.6 is 23.2 Å². The molecule has 3 nitrogen and oxygen atoms in total. The quantitative estimate of drug-likeness (QED) is 0.906. The van der Waals surface area contributed by atoms with Crippen molar-refractivity contribution in [2.24, 2.45) is 5.73 Å². The highest BCUT2D eigenvalue weighted by Crippen LogP contribution is 2.35. The fraction of sp³-hybridized carbons (Fsp3) is 0.200. The Morgan fingerprint density at radius 3 is 2.50 bits per heavy atom. The number of benzene rings is 2. The zero-order valence-corrected chi connectivity index (χ0v) is 12.5. The Kier molecular flexibility index (Phi) is 5.12. The molecular weight excluding hydrogens is 297 g/mol. The van der Waals surface area contributed by atoms with E-state index in [1.807, 2.05) is 24.3 Å². The van der Waals surface area contributed by atoms with Gasteiger partial charge in [0, 0.05) is 33.8 Å². The number of ether oxygens (including phenoxy) is 2. The van der Waals surface area contributed by atoms with Crippen LogP contribution in [0.15, 0.2) is 36.4 Å². The number of hydrogen-bond donors (Lipinski definition) is 1. The second-order valence-corrected chi connectivity index (χ2v) is 5.02. The highest BCUT2D eigenvalue weighted by molar-refractivity contribution is 6.31. The van der Waals surface area contributed by atoms with Gasteiger partial charge in [0.2, 0.25) is 0 Å². The van der Waals surface area contributed by atoms with Crippen molar-refractivity contribution >= 4 is 23.2 Å². The lowest BCUT2D eigenvalue weighted by Crippen LogP contribution is -2.05. The van der Waals surface area contributed by atoms with Crippen LogP contribution in [0.5, 0.6) is 11.5 Å². The second kappa shape index (κ2) is 6.84. The van der Waals surface area contributed by atoms with Crippen molar-refractivity contribution in [1.29, 1.82) is 0 Å². The molecule has 0 saturated carbocycles. The Labute approximate surface area is 128 Å². The molecule has 0 radical (unpaired) electrons. The average Bonchev–Trinajstić information content (AvgIpc) is 2.46. The van der Waals surface area contributed by atoms with Gasteiger partial charge in [0.15, 0.2) is 11.5 Å². The summed E-state index contributed by atoms with van der Waals surface area (Å²) in [7, 11) is 1.56. The number of rotatable bonds is 5. The van der Waals surface area contributed by atoms with Crippen molar-refractivity contribution in [3.63, 3.8) is 0 Å². The molecule has 0 spiro atoms. The van der Waals surface area contributed by atoms with Crippen LogP contribution in [0.4, 0.5) is 0 Å². The summed E-state index contributed by atoms with van der Waals surface area (Å²) in [6.45, 7) is 0.652. The topological polar surface area (TPSA) is 44.5 Å². The second-order valence-electron chi connectivity index (χ2n) is 4.18. The van der Waals surface area contributed by atoms with Crippen molar-refractivity contribution in [1.82, 2.24) is 0 Å². The molecule has 0 aromatic heterocycles. The van der Waals surface area contributed by atoms with Gasteiger partial charge in [0.1, 0.15) is 6.61 Å². The average molecular weight is 312 g/mol. The first-order valence-electron chi connectivity index (χ1n) is 6.08. The summed E-state index contributed by atoms with van der Waals surface area (Å²) in [6, 6.07) is 11.0. The fourth-order valence-electron chi connectivity index (χ4n) is 1.86. The standard InChI is InChI=1S/C15H15Cl2NO2/c1-19-14-7-12(16)6-11(8-18)15(14)20-9-10-4-2-3-5-13(10)17/h2-7H,8-9,18H2,1H3. The molecular formula is C15H15Cl2NO2. The fourth-order valence-corrected chi connectivity index (χ4v) is 2.28. The van der Waals surface area contributed by atoms with Gasteiger partial charge >= 0.3 is 0 Å². The van der Waals surface area contributed by atoms with Gasteiger partial charge < -0.3 is 15.2 Å². The molecule has 0 aliphatic rings. The molecule has 2 aromatic carbocycles. The van der Waals surface area contributed by atoms with Gasteiger partial charge in [-0.3, -0.25) is 0 Å². The summed E-state index contributed by atoms with van der Waals surface area (Å²) in [5.41, 5.74) is 7.41. The van der Waals surface area contributed by atoms with Crippen LogP contribution in [0, 0.1) is 0 Å². The first-order chi connectivity index (χ1) is 9.65. The van der Waals surface area contributed by atoms with Crippen LogP contribution in [-0.4, -0.2) is 7.11 Å². The largest absolute Gasteiger partial charge is 0.493 e. The van der Waals surface area contributed by atoms with E-state index in [0.29, 0.717) is 34.7 Å². The third-order valence-corrected chi connectivity index (χ3v) is 3.45. The Morgan fingerprint density at radius 2 is 1.85 bits per heavy atom. The Balaban J connectivity index is 2.27. The van der Waals surface area contributed by atoms with E-state index in [9.17, 15) is 0 Å². The Bertz CT molecular complexity index is 577. The normalized spacial score (nSPS) is 10.4. The van der Waals surface area contributed by atoms with Crippen LogP contribution < -0.4 is 15.2 Å². The molecule has 0 atom stereocenters. The lowest BCUT2D eigenvalue weighted by atomic mass is 10.2. The van der Waals surface area contributed by atoms with E-state index in [1.165, 1.54) is 0 Å². The first-order valence-corrected chi connectivity index (χ1v) is 6.84. The van der Waals surface area contributed by atoms with Gasteiger partial charge in [-0.2, -0.15) is 0 Å². The maximum Gasteiger partial charge on any atom is 0.166 e. The molecule has 0 unspecified atom stereocenters. The molecule has 0 amide bonds. The van der Waals surface area contributed by atoms with Gasteiger partial charge in [0.25, 0.3) is 0 Å². The summed E-state index contributed by atoms with van der Waals surface area (Å²) in [5.74, 6) is 1.16. The first kappa shape index (κ1) is 15.0. The van der Waals surface area contributed by atoms with E-state index in [4.69, 9.17) is 38.4 Å². The summed E-state index contributed by atoms with van der Waals surface area (Å²) in [5, 5.41) is 1.22. The maximum atomic E-state index is 6.11. The summed E-state index contributed by atoms with van der Waals surface area (Å²) < 4.78 is 11.1. The molecule has 5 heteroatoms. The molecule has 0 fully saturated rings. The van der Waals surface area contributed by atoms with Crippen molar-refractivity contribution in [2.45, 2.75) is 13.2 Å². The lowest BCUT2D eigenvalue weighted by Gasteiger charge is -2.15. The van der Waals surface area contributed by atoms with Gasteiger partial charge in [-0.05, 0) is 12.1 Å². The number of halogens is 2. The molecule has 0 bridgehead atoms. The minimum Gasteiger partial charge on any atom is -0.493 e. The molecule has 0 saturated heterocycles. The number of nitrogens with two attached hydrogens (primary N) is 1. The smallest absolute Gasteiger partial charge is 0.166 e. The van der Waals surface area contributed by atoms with Crippen LogP contribution in [-0.2, 0) is 13.2 Å². The number of hydrogen-bond acceptors (Lipinski definition) is 3. The van der Waals surface area contributed by atoms with Crippen LogP contribution in [0.3, 0.4) is 0 Å². The Hall–Kier alpha value is -1.42. The zero-order chi connectivity index (χ0) is 14.5. The van der Waals surface area contributed by atoms with Crippen molar-refractivity contribution in [3.8, 4) is 11.5 Å². The van der Waals surface area contributed by atoms with Crippen molar-refractivity contribution in [2.75, 3.05) is 7.11 Å². The van der Waals surface area contributed by atoms with Gasteiger partial charge in [-0.25, -0.2) is 0 Å². The molecule has 0 heterocycles. The van der Waals surface area contributed by atoms with E-state index in [1.54, 1.807) is 19.2 Å². The third kappa shape index (κ3) is 3.37. The predicted molar refractivity (Wildman–Crippen MR) is 81.7 cm³/mol. The van der Waals surface area contributed by atoms with Gasteiger partial charge in [-0.1, -0.05) is 41.4 Å². The highest BCUT2D eigenvalue weighted by atomic mass is 35.5. The minimum atomic E-state index is 0.314. The van der Waals surface area contributed by atoms with E-state index >= 15 is 0 Å². The molecule has 0 aliphatic carbocycles. The summed E-state index contributed by atoms with van der Waals surface area (Å²) in [6.07, 6.45) is 0. The molecule has 20 heavy (non-hydrogen) atoms. The Morgan fingerprint density at radius 1 is 1.10 bits per heavy atom. The third-order valence-electron chi connectivity index (χ3n) is 2.87. The molecule has 2 aromatic rings. The minimum absolute atomic E-state index is 0.314. The summed E-state index contributed by atoms with van der Waals surface area (Å²) in [4.78, 5) is 0. The molecule has 2 N–H and O–H groups in total. The van der Waals surface area contributed by atoms with E-state index in [-0.39, 0.29) is 0 Å². The van der Waals surface area contributed by atoms with Crippen molar-refractivity contribution in [3.05, 3.63) is 57.6 Å². The highest BCUT2D eigenvalue weighted by Gasteiger charge is 2.12. The SMILES string of the molecule is COc1cc(Cl)cc(CN)c1OCc1ccccc1Cl. The maximum absolute atomic E-state index is 6.11. The number of methoxy groups -OCH3 is 1. The monoisotopic (exact) mass is 311 g/mol. The predicted octanol–water partition coefficient (Wildman–Crippen LogP) is 4.04. The van der Waals surface area contributed by atoms with Crippen LogP contribution in [0.25, 0.3) is 0 Å². The van der Waals surface area contributed by atoms with Crippen molar-refractivity contribution < 1.29 is 9.47 Å². The zero-order valence-electron chi connectivity index (χ0n) is 11.0. The van der Waals surface area contributed by atoms with Crippen LogP contribution in [0.2, 0.25) is 10.0 Å². The molecule has 0 aliphatic heterocycles. The van der Waals surface area contributed by atoms with E-state index < -0.39 is 0 Å². The van der Waals surface area contributed by atoms with Crippen LogP contribution in [0.1, 0.15) is 11.1 Å². The van der Waals surface area contributed by atoms with Gasteiger partial charge in [-0.15, -0.1) is 0 Å². The lowest BCUT2D eigenvalue weighted by molar-refractivity contribution is 0.281. The summed E-state index contributed by atoms with van der Waals surface area (Å²) >= 11 is 12.1. The van der Waals surface area contributed by atoms with E-state index in [0.717, 1.165) is 11.1 Å². The van der Waals surface area contributed by atoms with Gasteiger partial charge in [0.05, 0.1) is 7.11 Å². The van der Waals surface area contributed by atoms with E-state index in [2.05, 4.69) is 0 Å². The molecule has 106 valence electrons. The molecule has 2 rings (SSSR count).